The maximum Gasteiger partial charge on any atom is 0.490 e. The topological polar surface area (TPSA) is 372 Å². The molecule has 5 aromatic rings. The Morgan fingerprint density at radius 2 is 0.802 bits per heavy atom. The number of nitrogens with two attached hydrogens (primary N) is 1. The van der Waals surface area contributed by atoms with E-state index in [2.05, 4.69) is 26.6 Å². The van der Waals surface area contributed by atoms with E-state index in [-0.39, 0.29) is 89.7 Å². The Kier molecular flexibility index (Phi) is 35.5. The normalized spacial score (nSPS) is 12.9. The van der Waals surface area contributed by atoms with Crippen molar-refractivity contribution in [2.75, 3.05) is 64.5 Å². The molecule has 0 aliphatic carbocycles. The van der Waals surface area contributed by atoms with Gasteiger partial charge < -0.3 is 66.6 Å². The number of carbonyl (C=O) groups excluding carboxylic acids is 10. The van der Waals surface area contributed by atoms with Crippen molar-refractivity contribution < 1.29 is 100 Å². The number of anilines is 2. The van der Waals surface area contributed by atoms with E-state index in [1.54, 1.807) is 62.4 Å². The number of aliphatic carboxylic acids is 1. The van der Waals surface area contributed by atoms with Gasteiger partial charge in [-0.25, -0.2) is 4.79 Å². The van der Waals surface area contributed by atoms with Crippen molar-refractivity contribution >= 4 is 75.9 Å². The summed E-state index contributed by atoms with van der Waals surface area (Å²) in [7, 11) is 3.04. The number of carboxylic acid groups (broad SMARTS) is 1. The van der Waals surface area contributed by atoms with Gasteiger partial charge in [-0.2, -0.15) is 13.2 Å². The van der Waals surface area contributed by atoms with Crippen LogP contribution in [-0.4, -0.2) is 152 Å². The minimum atomic E-state index is -5.08. The number of methoxy groups -OCH3 is 2. The quantitative estimate of drug-likeness (QED) is 0.0164. The first-order chi connectivity index (χ1) is 45.6. The summed E-state index contributed by atoms with van der Waals surface area (Å²) in [6, 6.07) is 39.6. The summed E-state index contributed by atoms with van der Waals surface area (Å²) in [6.07, 6.45) is -6.58. The number of benzene rings is 5. The van der Waals surface area contributed by atoms with Crippen LogP contribution in [0.1, 0.15) is 94.0 Å². The highest BCUT2D eigenvalue weighted by Crippen LogP contribution is 2.37. The molecule has 6 amide bonds. The summed E-state index contributed by atoms with van der Waals surface area (Å²) in [6.45, 7) is 6.73. The predicted octanol–water partition coefficient (Wildman–Crippen LogP) is 5.92. The average molecular weight is 1340 g/mol. The van der Waals surface area contributed by atoms with Gasteiger partial charge >= 0.3 is 12.1 Å². The highest BCUT2D eigenvalue weighted by Gasteiger charge is 2.40. The van der Waals surface area contributed by atoms with E-state index in [9.17, 15) is 66.2 Å². The maximum atomic E-state index is 14.3. The first kappa shape index (κ1) is 80.9. The number of rotatable bonds is 38. The van der Waals surface area contributed by atoms with Crippen LogP contribution >= 0.6 is 0 Å². The number of carboxylic acids is 1. The summed E-state index contributed by atoms with van der Waals surface area (Å²) in [4.78, 5) is 137. The Morgan fingerprint density at radius 1 is 0.469 bits per heavy atom. The third-order valence-electron chi connectivity index (χ3n) is 14.6. The maximum absolute atomic E-state index is 14.3. The van der Waals surface area contributed by atoms with Gasteiger partial charge in [0.2, 0.25) is 35.4 Å². The molecule has 0 aliphatic heterocycles. The third kappa shape index (κ3) is 28.7. The number of aliphatic hydroxyl groups excluding tert-OH is 2. The van der Waals surface area contributed by atoms with Crippen molar-refractivity contribution in [1.82, 2.24) is 16.0 Å². The zero-order chi connectivity index (χ0) is 71.4. The van der Waals surface area contributed by atoms with E-state index in [0.29, 0.717) is 35.7 Å². The van der Waals surface area contributed by atoms with E-state index in [0.717, 1.165) is 16.7 Å². The Morgan fingerprint density at radius 3 is 1.10 bits per heavy atom. The average Bonchev–Trinajstić information content (AvgIpc) is 0.757. The number of hydrogen-bond donors (Lipinski definition) is 9. The number of aliphatic hydroxyl groups is 2. The molecule has 0 heterocycles. The second-order valence-electron chi connectivity index (χ2n) is 22.3. The van der Waals surface area contributed by atoms with Crippen LogP contribution < -0.4 is 32.3 Å². The van der Waals surface area contributed by atoms with Crippen molar-refractivity contribution in [3.63, 3.8) is 0 Å². The summed E-state index contributed by atoms with van der Waals surface area (Å²) in [5, 5.41) is 39.6. The molecule has 10 N–H and O–H groups in total. The van der Waals surface area contributed by atoms with Crippen LogP contribution in [0.15, 0.2) is 140 Å². The van der Waals surface area contributed by atoms with Crippen molar-refractivity contribution in [3.05, 3.63) is 167 Å². The molecule has 0 saturated heterocycles. The lowest BCUT2D eigenvalue weighted by atomic mass is 9.76. The van der Waals surface area contributed by atoms with E-state index >= 15 is 0 Å². The van der Waals surface area contributed by atoms with Crippen LogP contribution in [0.2, 0.25) is 0 Å². The fourth-order valence-corrected chi connectivity index (χ4v) is 9.25. The Balaban J connectivity index is 0.000000490. The fraction of sp³-hybridized carbons (Fsp3) is 0.406. The number of Topliss-reactive ketones (excluding diaryl/α,β-unsaturated/α-hetero) is 4. The van der Waals surface area contributed by atoms with Crippen LogP contribution in [0.3, 0.4) is 0 Å². The molecule has 0 bridgehead atoms. The minimum absolute atomic E-state index is 0.0541. The van der Waals surface area contributed by atoms with E-state index in [1.165, 1.54) is 28.1 Å². The lowest BCUT2D eigenvalue weighted by molar-refractivity contribution is -0.192. The molecule has 0 spiro atoms. The highest BCUT2D eigenvalue weighted by molar-refractivity contribution is 6.01. The molecule has 96 heavy (non-hydrogen) atoms. The Hall–Kier alpha value is -9.38. The first-order valence-corrected chi connectivity index (χ1v) is 30.5. The minimum Gasteiger partial charge on any atom is -0.475 e. The monoisotopic (exact) mass is 1340 g/mol. The van der Waals surface area contributed by atoms with Gasteiger partial charge in [-0.15, -0.1) is 0 Å². The zero-order valence-electron chi connectivity index (χ0n) is 54.3. The SMILES string of the molecule is COCCOCC(=O)C[C@@H](C)C(=O)N[C@@H](C)C(=O)C[C@@H](CC(=O)NC(c1ccccc1)(c1ccccc1)c1ccccc1)C(=O)Nc1ccc(CO)cc1.COCCOCC(=O)C[C@@H](C)C(=O)N[C@@H](C)C(=O)C[C@@H](CC(N)=O)C(=O)Nc1ccc(CO)cc1.O=C(O)C(F)(F)F. The van der Waals surface area contributed by atoms with Gasteiger partial charge in [-0.1, -0.05) is 129 Å². The molecule has 5 aromatic carbocycles. The lowest BCUT2D eigenvalue weighted by Gasteiger charge is -2.37. The van der Waals surface area contributed by atoms with Gasteiger partial charge in [0.15, 0.2) is 23.1 Å². The van der Waals surface area contributed by atoms with Crippen LogP contribution in [-0.2, 0) is 90.4 Å². The van der Waals surface area contributed by atoms with Crippen molar-refractivity contribution in [3.8, 4) is 0 Å². The van der Waals surface area contributed by atoms with E-state index in [1.807, 2.05) is 91.0 Å². The summed E-state index contributed by atoms with van der Waals surface area (Å²) in [5.41, 5.74) is 8.66. The fourth-order valence-electron chi connectivity index (χ4n) is 9.25. The largest absolute Gasteiger partial charge is 0.490 e. The molecule has 0 fully saturated rings. The van der Waals surface area contributed by atoms with Gasteiger partial charge in [-0.3, -0.25) is 47.9 Å². The number of ketones is 4. The van der Waals surface area contributed by atoms with Crippen LogP contribution in [0.4, 0.5) is 24.5 Å². The zero-order valence-corrected chi connectivity index (χ0v) is 54.3. The number of nitrogens with one attached hydrogen (secondary N) is 5. The smallest absolute Gasteiger partial charge is 0.475 e. The lowest BCUT2D eigenvalue weighted by Crippen LogP contribution is -2.49. The van der Waals surface area contributed by atoms with E-state index in [4.69, 9.17) is 39.7 Å². The first-order valence-electron chi connectivity index (χ1n) is 30.5. The van der Waals surface area contributed by atoms with Gasteiger partial charge in [0.25, 0.3) is 0 Å². The summed E-state index contributed by atoms with van der Waals surface area (Å²) in [5.74, 6) is -11.1. The Labute approximate surface area is 554 Å². The Bertz CT molecular complexity index is 3210. The molecule has 27 heteroatoms. The molecule has 0 unspecified atom stereocenters. The van der Waals surface area contributed by atoms with Crippen molar-refractivity contribution in [2.45, 2.75) is 103 Å². The second kappa shape index (κ2) is 42.1. The van der Waals surface area contributed by atoms with Crippen LogP contribution in [0, 0.1) is 23.7 Å². The predicted molar refractivity (Wildman–Crippen MR) is 346 cm³/mol. The number of primary amides is 1. The summed E-state index contributed by atoms with van der Waals surface area (Å²) >= 11 is 0. The number of amides is 6. The number of hydrogen-bond acceptors (Lipinski definition) is 17. The third-order valence-corrected chi connectivity index (χ3v) is 14.6. The van der Waals surface area contributed by atoms with Gasteiger partial charge in [0.05, 0.1) is 63.6 Å². The molecule has 5 rings (SSSR count). The molecule has 6 atom stereocenters. The van der Waals surface area contributed by atoms with Gasteiger partial charge in [-0.05, 0) is 65.9 Å². The second-order valence-corrected chi connectivity index (χ2v) is 22.3. The highest BCUT2D eigenvalue weighted by atomic mass is 19.4. The number of halogens is 3. The molecular formula is C69H85F3N6O18. The molecule has 24 nitrogen and oxygen atoms in total. The van der Waals surface area contributed by atoms with E-state index < -0.39 is 100 Å². The molecular weight excluding hydrogens is 1260 g/mol. The summed E-state index contributed by atoms with van der Waals surface area (Å²) < 4.78 is 51.8. The molecule has 0 aliphatic rings. The molecule has 0 saturated carbocycles. The van der Waals surface area contributed by atoms with Crippen LogP contribution in [0.5, 0.6) is 0 Å². The van der Waals surface area contributed by atoms with Gasteiger partial charge in [0.1, 0.15) is 18.8 Å². The van der Waals surface area contributed by atoms with Gasteiger partial charge in [0, 0.05) is 76.0 Å². The number of alkyl halides is 3. The number of carbonyl (C=O) groups is 11. The van der Waals surface area contributed by atoms with Crippen LogP contribution in [0.25, 0.3) is 0 Å². The van der Waals surface area contributed by atoms with Crippen molar-refractivity contribution in [1.29, 1.82) is 0 Å². The molecule has 0 radical (unpaired) electrons. The molecule has 520 valence electrons. The standard InChI is InChI=1S/C43H49N3O8.C24H35N3O8.C2HF3O2/c1-30(25-38(48)29-54-24-23-53-3)41(51)44-31(2)39(49)26-33(42(52)45-37-21-19-32(28-47)20-22-37)27-40(50)46-43(34-13-7-4-8-14-34,35-15-9-5-10-16-35)36-17-11-6-12-18-36;1-15(10-20(29)14-35-9-8-34-3)23(32)26-16(2)21(30)11-18(12-22(25)31)24(33)27-19-6-4-17(13-28)5-7-19;3-2(4,5)1(6)7/h4-22,30-31,33,47H,23-29H2,1-3H3,(H,44,51)(H,45,52)(H,46,50);4-7,15-16,18,28H,8-14H2,1-3H3,(H2,25,31)(H,26,32)(H,27,33);(H,6,7)/t30-,31+,33+;15-,16+,18+;/m11./s1. The van der Waals surface area contributed by atoms with Crippen molar-refractivity contribution in [2.24, 2.45) is 29.4 Å². The molecule has 0 aromatic heterocycles. The number of ether oxygens (including phenoxy) is 4.